The number of hydrogen-bond acceptors (Lipinski definition) is 4. The quantitative estimate of drug-likeness (QED) is 0.344. The van der Waals surface area contributed by atoms with E-state index in [-0.39, 0.29) is 12.5 Å². The van der Waals surface area contributed by atoms with E-state index in [1.807, 2.05) is 0 Å². The molecule has 0 saturated heterocycles. The fourth-order valence-electron chi connectivity index (χ4n) is 1.76. The highest BCUT2D eigenvalue weighted by atomic mass is 16.5. The number of guanidine groups is 1. The van der Waals surface area contributed by atoms with Crippen LogP contribution in [-0.2, 0) is 9.53 Å². The zero-order valence-corrected chi connectivity index (χ0v) is 14.0. The molecule has 1 amide bonds. The minimum absolute atomic E-state index is 0.140. The van der Waals surface area contributed by atoms with Crippen molar-refractivity contribution in [3.8, 4) is 0 Å². The molecule has 0 aliphatic carbocycles. The van der Waals surface area contributed by atoms with Gasteiger partial charge < -0.3 is 20.7 Å². The Kier molecular flexibility index (Phi) is 10.2. The molecule has 0 spiro atoms. The first kappa shape index (κ1) is 18.9. The summed E-state index contributed by atoms with van der Waals surface area (Å²) in [5, 5.41) is 8.86. The fraction of sp³-hybridized carbons (Fsp3) is 0.562. The molecule has 0 atom stereocenters. The number of nitrogens with zero attached hydrogens (tertiary/aromatic N) is 2. The second kappa shape index (κ2) is 12.4. The molecule has 128 valence electrons. The van der Waals surface area contributed by atoms with Crippen LogP contribution in [0.4, 0.5) is 5.69 Å². The van der Waals surface area contributed by atoms with Crippen LogP contribution < -0.4 is 16.0 Å². The van der Waals surface area contributed by atoms with Crippen molar-refractivity contribution in [1.82, 2.24) is 15.6 Å². The largest absolute Gasteiger partial charge is 0.381 e. The van der Waals surface area contributed by atoms with Gasteiger partial charge in [-0.25, -0.2) is 0 Å². The molecule has 0 aliphatic rings. The number of anilines is 1. The molecule has 0 fully saturated rings. The lowest BCUT2D eigenvalue weighted by Gasteiger charge is -2.12. The van der Waals surface area contributed by atoms with Crippen LogP contribution in [0, 0.1) is 0 Å². The first-order chi connectivity index (χ1) is 11.3. The Bertz CT molecular complexity index is 465. The predicted octanol–water partition coefficient (Wildman–Crippen LogP) is 1.39. The van der Waals surface area contributed by atoms with Gasteiger partial charge in [-0.05, 0) is 25.0 Å². The standard InChI is InChI=1S/C16H27N5O2/c1-3-4-10-23-11-6-9-19-16(17-2)20-13-15(22)21-14-7-5-8-18-12-14/h5,7-8,12H,3-4,6,9-11,13H2,1-2H3,(H,21,22)(H2,17,19,20). The fourth-order valence-corrected chi connectivity index (χ4v) is 1.76. The van der Waals surface area contributed by atoms with Crippen molar-refractivity contribution in [2.24, 2.45) is 4.99 Å². The Hall–Kier alpha value is -2.15. The number of amides is 1. The van der Waals surface area contributed by atoms with Crippen molar-refractivity contribution in [3.63, 3.8) is 0 Å². The number of unbranched alkanes of at least 4 members (excludes halogenated alkanes) is 1. The topological polar surface area (TPSA) is 87.6 Å². The van der Waals surface area contributed by atoms with Gasteiger partial charge in [-0.2, -0.15) is 0 Å². The van der Waals surface area contributed by atoms with E-state index in [9.17, 15) is 4.79 Å². The minimum Gasteiger partial charge on any atom is -0.381 e. The SMILES string of the molecule is CCCCOCCCNC(=NC)NCC(=O)Nc1cccnc1. The summed E-state index contributed by atoms with van der Waals surface area (Å²) in [4.78, 5) is 19.8. The summed E-state index contributed by atoms with van der Waals surface area (Å²) in [5.74, 6) is 0.448. The van der Waals surface area contributed by atoms with Gasteiger partial charge in [0.1, 0.15) is 0 Å². The number of hydrogen-bond donors (Lipinski definition) is 3. The Labute approximate surface area is 137 Å². The molecule has 7 nitrogen and oxygen atoms in total. The van der Waals surface area contributed by atoms with Crippen LogP contribution in [0.15, 0.2) is 29.5 Å². The van der Waals surface area contributed by atoms with Crippen molar-refractivity contribution >= 4 is 17.6 Å². The van der Waals surface area contributed by atoms with Crippen LogP contribution in [-0.4, -0.2) is 50.2 Å². The monoisotopic (exact) mass is 321 g/mol. The lowest BCUT2D eigenvalue weighted by Crippen LogP contribution is -2.41. The summed E-state index contributed by atoms with van der Waals surface area (Å²) >= 11 is 0. The van der Waals surface area contributed by atoms with E-state index in [0.29, 0.717) is 11.6 Å². The molecule has 0 bridgehead atoms. The van der Waals surface area contributed by atoms with Crippen molar-refractivity contribution in [1.29, 1.82) is 0 Å². The lowest BCUT2D eigenvalue weighted by atomic mass is 10.4. The number of ether oxygens (including phenoxy) is 1. The average molecular weight is 321 g/mol. The predicted molar refractivity (Wildman–Crippen MR) is 92.6 cm³/mol. The summed E-state index contributed by atoms with van der Waals surface area (Å²) in [6, 6.07) is 3.56. The van der Waals surface area contributed by atoms with Crippen molar-refractivity contribution < 1.29 is 9.53 Å². The summed E-state index contributed by atoms with van der Waals surface area (Å²) in [5.41, 5.74) is 0.673. The van der Waals surface area contributed by atoms with Gasteiger partial charge in [0.05, 0.1) is 18.4 Å². The number of rotatable bonds is 10. The van der Waals surface area contributed by atoms with Gasteiger partial charge in [0, 0.05) is 33.0 Å². The van der Waals surface area contributed by atoms with Gasteiger partial charge >= 0.3 is 0 Å². The van der Waals surface area contributed by atoms with Crippen LogP contribution in [0.25, 0.3) is 0 Å². The lowest BCUT2D eigenvalue weighted by molar-refractivity contribution is -0.115. The van der Waals surface area contributed by atoms with Gasteiger partial charge in [-0.15, -0.1) is 0 Å². The molecule has 1 aromatic rings. The van der Waals surface area contributed by atoms with Gasteiger partial charge in [0.2, 0.25) is 5.91 Å². The molecule has 1 rings (SSSR count). The third kappa shape index (κ3) is 9.46. The summed E-state index contributed by atoms with van der Waals surface area (Å²) in [6.45, 7) is 4.58. The van der Waals surface area contributed by atoms with Gasteiger partial charge in [0.25, 0.3) is 0 Å². The number of carbonyl (C=O) groups is 1. The van der Waals surface area contributed by atoms with Crippen LogP contribution in [0.5, 0.6) is 0 Å². The minimum atomic E-state index is -0.149. The maximum Gasteiger partial charge on any atom is 0.243 e. The molecule has 7 heteroatoms. The highest BCUT2D eigenvalue weighted by Crippen LogP contribution is 2.01. The molecule has 1 heterocycles. The first-order valence-corrected chi connectivity index (χ1v) is 7.98. The molecule has 0 saturated carbocycles. The van der Waals surface area contributed by atoms with E-state index in [1.54, 1.807) is 31.6 Å². The number of aliphatic imine (C=N–C) groups is 1. The third-order valence-corrected chi connectivity index (χ3v) is 2.99. The van der Waals surface area contributed by atoms with Crippen LogP contribution in [0.3, 0.4) is 0 Å². The highest BCUT2D eigenvalue weighted by molar-refractivity contribution is 5.94. The first-order valence-electron chi connectivity index (χ1n) is 7.98. The maximum absolute atomic E-state index is 11.8. The molecule has 0 aromatic carbocycles. The summed E-state index contributed by atoms with van der Waals surface area (Å²) in [6.07, 6.45) is 6.40. The highest BCUT2D eigenvalue weighted by Gasteiger charge is 2.04. The van der Waals surface area contributed by atoms with E-state index in [4.69, 9.17) is 4.74 Å². The molecule has 0 radical (unpaired) electrons. The number of carbonyl (C=O) groups excluding carboxylic acids is 1. The Morgan fingerprint density at radius 2 is 2.13 bits per heavy atom. The van der Waals surface area contributed by atoms with Gasteiger partial charge in [-0.3, -0.25) is 14.8 Å². The normalized spacial score (nSPS) is 11.1. The van der Waals surface area contributed by atoms with E-state index in [2.05, 4.69) is 32.9 Å². The zero-order chi connectivity index (χ0) is 16.8. The van der Waals surface area contributed by atoms with Crippen LogP contribution in [0.2, 0.25) is 0 Å². The number of aromatic nitrogens is 1. The molecular formula is C16H27N5O2. The van der Waals surface area contributed by atoms with E-state index < -0.39 is 0 Å². The average Bonchev–Trinajstić information content (AvgIpc) is 2.57. The van der Waals surface area contributed by atoms with Gasteiger partial charge in [0.15, 0.2) is 5.96 Å². The molecule has 0 unspecified atom stereocenters. The number of nitrogens with one attached hydrogen (secondary N) is 3. The second-order valence-electron chi connectivity index (χ2n) is 4.96. The summed E-state index contributed by atoms with van der Waals surface area (Å²) < 4.78 is 5.48. The third-order valence-electron chi connectivity index (χ3n) is 2.99. The molecule has 3 N–H and O–H groups in total. The number of pyridine rings is 1. The van der Waals surface area contributed by atoms with E-state index in [1.165, 1.54) is 0 Å². The molecule has 0 aliphatic heterocycles. The van der Waals surface area contributed by atoms with Crippen molar-refractivity contribution in [2.45, 2.75) is 26.2 Å². The Morgan fingerprint density at radius 1 is 1.30 bits per heavy atom. The van der Waals surface area contributed by atoms with E-state index >= 15 is 0 Å². The van der Waals surface area contributed by atoms with Crippen molar-refractivity contribution in [2.75, 3.05) is 38.7 Å². The van der Waals surface area contributed by atoms with Crippen molar-refractivity contribution in [3.05, 3.63) is 24.5 Å². The molecule has 1 aromatic heterocycles. The van der Waals surface area contributed by atoms with Gasteiger partial charge in [-0.1, -0.05) is 13.3 Å². The molecular weight excluding hydrogens is 294 g/mol. The molecule has 23 heavy (non-hydrogen) atoms. The Balaban J connectivity index is 2.12. The maximum atomic E-state index is 11.8. The Morgan fingerprint density at radius 3 is 2.83 bits per heavy atom. The van der Waals surface area contributed by atoms with E-state index in [0.717, 1.165) is 39.0 Å². The summed E-state index contributed by atoms with van der Waals surface area (Å²) in [7, 11) is 1.67. The zero-order valence-electron chi connectivity index (χ0n) is 14.0. The van der Waals surface area contributed by atoms with Crippen LogP contribution in [0.1, 0.15) is 26.2 Å². The smallest absolute Gasteiger partial charge is 0.243 e. The van der Waals surface area contributed by atoms with Crippen LogP contribution >= 0.6 is 0 Å². The second-order valence-corrected chi connectivity index (χ2v) is 4.96.